The highest BCUT2D eigenvalue weighted by Crippen LogP contribution is 2.27. The molecule has 1 saturated heterocycles. The first kappa shape index (κ1) is 15.3. The number of pyridine rings is 1. The van der Waals surface area contributed by atoms with Crippen LogP contribution < -0.4 is 4.90 Å². The minimum Gasteiger partial charge on any atom is -0.467 e. The van der Waals surface area contributed by atoms with Crippen LogP contribution in [0.5, 0.6) is 0 Å². The molecule has 124 valence electrons. The van der Waals surface area contributed by atoms with Crippen molar-refractivity contribution in [2.24, 2.45) is 0 Å². The monoisotopic (exact) mass is 341 g/mol. The minimum absolute atomic E-state index is 0.649. The van der Waals surface area contributed by atoms with Gasteiger partial charge in [-0.2, -0.15) is 0 Å². The van der Waals surface area contributed by atoms with Gasteiger partial charge >= 0.3 is 0 Å². The largest absolute Gasteiger partial charge is 0.467 e. The van der Waals surface area contributed by atoms with Gasteiger partial charge in [0.1, 0.15) is 5.76 Å². The standard InChI is InChI=1S/C17H19N5OS/c1-2-8-18-14(6-1)13-24-17-20-19-16(21-9-3-4-10-21)22(17)12-15-7-5-11-23-15/h1-2,5-8,11H,3-4,9-10,12-13H2. The Kier molecular flexibility index (Phi) is 4.51. The average molecular weight is 341 g/mol. The van der Waals surface area contributed by atoms with E-state index in [4.69, 9.17) is 4.42 Å². The lowest BCUT2D eigenvalue weighted by Gasteiger charge is -2.17. The molecule has 0 spiro atoms. The minimum atomic E-state index is 0.649. The van der Waals surface area contributed by atoms with Crippen molar-refractivity contribution >= 4 is 17.7 Å². The third kappa shape index (κ3) is 3.31. The van der Waals surface area contributed by atoms with Gasteiger partial charge < -0.3 is 9.32 Å². The van der Waals surface area contributed by atoms with Crippen LogP contribution in [0.15, 0.2) is 52.4 Å². The molecule has 0 amide bonds. The molecule has 7 heteroatoms. The smallest absolute Gasteiger partial charge is 0.228 e. The summed E-state index contributed by atoms with van der Waals surface area (Å²) in [6.07, 6.45) is 5.95. The van der Waals surface area contributed by atoms with Crippen molar-refractivity contribution in [3.63, 3.8) is 0 Å². The van der Waals surface area contributed by atoms with Crippen molar-refractivity contribution in [2.45, 2.75) is 30.3 Å². The van der Waals surface area contributed by atoms with Gasteiger partial charge in [0.2, 0.25) is 5.95 Å². The molecule has 4 rings (SSSR count). The first-order chi connectivity index (χ1) is 11.9. The molecule has 0 radical (unpaired) electrons. The highest BCUT2D eigenvalue weighted by molar-refractivity contribution is 7.98. The van der Waals surface area contributed by atoms with E-state index < -0.39 is 0 Å². The fourth-order valence-corrected chi connectivity index (χ4v) is 3.71. The molecule has 24 heavy (non-hydrogen) atoms. The number of aromatic nitrogens is 4. The van der Waals surface area contributed by atoms with Gasteiger partial charge in [-0.05, 0) is 37.1 Å². The van der Waals surface area contributed by atoms with E-state index in [2.05, 4.69) is 24.6 Å². The van der Waals surface area contributed by atoms with Gasteiger partial charge in [0, 0.05) is 25.0 Å². The highest BCUT2D eigenvalue weighted by atomic mass is 32.2. The van der Waals surface area contributed by atoms with E-state index in [0.717, 1.165) is 41.4 Å². The van der Waals surface area contributed by atoms with Crippen molar-refractivity contribution in [3.8, 4) is 0 Å². The van der Waals surface area contributed by atoms with Crippen LogP contribution >= 0.6 is 11.8 Å². The SMILES string of the molecule is c1ccc(CSc2nnc(N3CCCC3)n2Cc2ccco2)nc1. The van der Waals surface area contributed by atoms with Crippen LogP contribution in [0, 0.1) is 0 Å². The second-order valence-corrected chi connectivity index (χ2v) is 6.69. The van der Waals surface area contributed by atoms with Gasteiger partial charge in [0.25, 0.3) is 0 Å². The van der Waals surface area contributed by atoms with Crippen molar-refractivity contribution in [1.82, 2.24) is 19.7 Å². The number of nitrogens with zero attached hydrogens (tertiary/aromatic N) is 5. The highest BCUT2D eigenvalue weighted by Gasteiger charge is 2.22. The quantitative estimate of drug-likeness (QED) is 0.642. The second kappa shape index (κ2) is 7.09. The molecule has 6 nitrogen and oxygen atoms in total. The fraction of sp³-hybridized carbons (Fsp3) is 0.353. The van der Waals surface area contributed by atoms with Crippen molar-refractivity contribution in [1.29, 1.82) is 0 Å². The molecule has 0 atom stereocenters. The number of thioether (sulfide) groups is 1. The predicted octanol–water partition coefficient (Wildman–Crippen LogP) is 3.21. The summed E-state index contributed by atoms with van der Waals surface area (Å²) in [5.74, 6) is 2.62. The van der Waals surface area contributed by atoms with E-state index in [1.165, 1.54) is 12.8 Å². The van der Waals surface area contributed by atoms with Crippen LogP contribution in [-0.4, -0.2) is 32.8 Å². The van der Waals surface area contributed by atoms with Crippen LogP contribution in [-0.2, 0) is 12.3 Å². The zero-order valence-electron chi connectivity index (χ0n) is 13.3. The van der Waals surface area contributed by atoms with E-state index in [1.54, 1.807) is 18.0 Å². The molecule has 0 saturated carbocycles. The van der Waals surface area contributed by atoms with E-state index in [9.17, 15) is 0 Å². The number of anilines is 1. The molecular formula is C17H19N5OS. The summed E-state index contributed by atoms with van der Waals surface area (Å²) >= 11 is 1.66. The van der Waals surface area contributed by atoms with Gasteiger partial charge in [0.05, 0.1) is 18.5 Å². The maximum absolute atomic E-state index is 5.53. The van der Waals surface area contributed by atoms with Gasteiger partial charge in [-0.15, -0.1) is 10.2 Å². The number of hydrogen-bond donors (Lipinski definition) is 0. The molecule has 0 unspecified atom stereocenters. The van der Waals surface area contributed by atoms with E-state index >= 15 is 0 Å². The second-order valence-electron chi connectivity index (χ2n) is 5.75. The van der Waals surface area contributed by atoms with E-state index in [1.807, 2.05) is 36.5 Å². The van der Waals surface area contributed by atoms with Crippen LogP contribution in [0.4, 0.5) is 5.95 Å². The zero-order valence-corrected chi connectivity index (χ0v) is 14.2. The molecular weight excluding hydrogens is 322 g/mol. The summed E-state index contributed by atoms with van der Waals surface area (Å²) < 4.78 is 7.68. The van der Waals surface area contributed by atoms with E-state index in [0.29, 0.717) is 6.54 Å². The third-order valence-electron chi connectivity index (χ3n) is 4.06. The normalized spacial score (nSPS) is 14.4. The lowest BCUT2D eigenvalue weighted by molar-refractivity contribution is 0.483. The molecule has 0 aliphatic carbocycles. The molecule has 0 aromatic carbocycles. The lowest BCUT2D eigenvalue weighted by Crippen LogP contribution is -2.22. The summed E-state index contributed by atoms with van der Waals surface area (Å²) in [6, 6.07) is 9.86. The van der Waals surface area contributed by atoms with Gasteiger partial charge in [0.15, 0.2) is 5.16 Å². The van der Waals surface area contributed by atoms with Crippen molar-refractivity contribution in [3.05, 3.63) is 54.2 Å². The Morgan fingerprint density at radius 3 is 2.75 bits per heavy atom. The molecule has 0 bridgehead atoms. The van der Waals surface area contributed by atoms with E-state index in [-0.39, 0.29) is 0 Å². The van der Waals surface area contributed by atoms with Gasteiger partial charge in [-0.1, -0.05) is 17.8 Å². The third-order valence-corrected chi connectivity index (χ3v) is 5.06. The number of furan rings is 1. The Morgan fingerprint density at radius 2 is 2.00 bits per heavy atom. The molecule has 0 N–H and O–H groups in total. The lowest BCUT2D eigenvalue weighted by atomic mass is 10.4. The Morgan fingerprint density at radius 1 is 1.08 bits per heavy atom. The Labute approximate surface area is 144 Å². The maximum atomic E-state index is 5.53. The summed E-state index contributed by atoms with van der Waals surface area (Å²) in [4.78, 5) is 6.68. The summed E-state index contributed by atoms with van der Waals surface area (Å²) in [6.45, 7) is 2.73. The van der Waals surface area contributed by atoms with Crippen LogP contribution in [0.2, 0.25) is 0 Å². The van der Waals surface area contributed by atoms with Crippen LogP contribution in [0.3, 0.4) is 0 Å². The molecule has 1 fully saturated rings. The average Bonchev–Trinajstić information content (AvgIpc) is 3.37. The first-order valence-electron chi connectivity index (χ1n) is 8.13. The van der Waals surface area contributed by atoms with Crippen LogP contribution in [0.25, 0.3) is 0 Å². The molecule has 1 aliphatic heterocycles. The Hall–Kier alpha value is -2.28. The summed E-state index contributed by atoms with van der Waals surface area (Å²) in [5, 5.41) is 9.77. The summed E-state index contributed by atoms with van der Waals surface area (Å²) in [5.41, 5.74) is 1.04. The fourth-order valence-electron chi connectivity index (χ4n) is 2.86. The van der Waals surface area contributed by atoms with Gasteiger partial charge in [-0.3, -0.25) is 9.55 Å². The molecule has 4 heterocycles. The number of rotatable bonds is 6. The zero-order chi connectivity index (χ0) is 16.2. The molecule has 1 aliphatic rings. The Balaban J connectivity index is 1.58. The van der Waals surface area contributed by atoms with Crippen molar-refractivity contribution < 1.29 is 4.42 Å². The van der Waals surface area contributed by atoms with Crippen LogP contribution in [0.1, 0.15) is 24.3 Å². The molecule has 3 aromatic rings. The Bertz CT molecular complexity index is 766. The van der Waals surface area contributed by atoms with Crippen molar-refractivity contribution in [2.75, 3.05) is 18.0 Å². The van der Waals surface area contributed by atoms with Gasteiger partial charge in [-0.25, -0.2) is 0 Å². The predicted molar refractivity (Wildman–Crippen MR) is 93.1 cm³/mol. The number of hydrogen-bond acceptors (Lipinski definition) is 6. The topological polar surface area (TPSA) is 60.0 Å². The first-order valence-corrected chi connectivity index (χ1v) is 9.12. The molecule has 3 aromatic heterocycles. The summed E-state index contributed by atoms with van der Waals surface area (Å²) in [7, 11) is 0. The maximum Gasteiger partial charge on any atom is 0.228 e.